The summed E-state index contributed by atoms with van der Waals surface area (Å²) in [5.74, 6) is -0.303. The van der Waals surface area contributed by atoms with Crippen LogP contribution in [-0.2, 0) is 24.3 Å². The number of amides is 2. The molecule has 8 nitrogen and oxygen atoms in total. The highest BCUT2D eigenvalue weighted by Crippen LogP contribution is 2.38. The lowest BCUT2D eigenvalue weighted by molar-refractivity contribution is -0.123. The summed E-state index contributed by atoms with van der Waals surface area (Å²) in [5.41, 5.74) is 4.18. The number of hydrogen-bond acceptors (Lipinski definition) is 6. The Kier molecular flexibility index (Phi) is 7.56. The topological polar surface area (TPSA) is 96.0 Å². The number of carbonyl (C=O) groups is 2. The summed E-state index contributed by atoms with van der Waals surface area (Å²) in [6.45, 7) is 8.75. The summed E-state index contributed by atoms with van der Waals surface area (Å²) in [6, 6.07) is 8.83. The molecule has 1 fully saturated rings. The second-order valence-corrected chi connectivity index (χ2v) is 12.1. The Morgan fingerprint density at radius 2 is 1.77 bits per heavy atom. The molecule has 0 spiro atoms. The molecular formula is C25H31N3O5S2. The Morgan fingerprint density at radius 3 is 2.43 bits per heavy atom. The molecule has 35 heavy (non-hydrogen) atoms. The molecular weight excluding hydrogens is 486 g/mol. The van der Waals surface area contributed by atoms with E-state index in [1.807, 2.05) is 39.8 Å². The maximum absolute atomic E-state index is 13.3. The van der Waals surface area contributed by atoms with Crippen LogP contribution in [-0.4, -0.2) is 63.1 Å². The number of carbonyl (C=O) groups excluding carboxylic acids is 2. The highest BCUT2D eigenvalue weighted by molar-refractivity contribution is 7.99. The van der Waals surface area contributed by atoms with Crippen molar-refractivity contribution >= 4 is 45.0 Å². The number of aryl methyl sites for hydroxylation is 3. The largest absolute Gasteiger partial charge is 0.379 e. The predicted octanol–water partition coefficient (Wildman–Crippen LogP) is 3.35. The molecule has 0 aliphatic carbocycles. The first kappa shape index (κ1) is 25.7. The van der Waals surface area contributed by atoms with Gasteiger partial charge in [0, 0.05) is 35.3 Å². The number of morpholine rings is 1. The molecule has 2 aliphatic rings. The summed E-state index contributed by atoms with van der Waals surface area (Å²) in [6.07, 6.45) is 0. The van der Waals surface area contributed by atoms with Crippen molar-refractivity contribution in [3.63, 3.8) is 0 Å². The lowest BCUT2D eigenvalue weighted by Crippen LogP contribution is -2.42. The molecule has 0 radical (unpaired) electrons. The van der Waals surface area contributed by atoms with E-state index in [0.29, 0.717) is 24.7 Å². The van der Waals surface area contributed by atoms with Crippen LogP contribution in [0, 0.1) is 26.7 Å². The maximum atomic E-state index is 13.3. The van der Waals surface area contributed by atoms with Crippen LogP contribution in [0.2, 0.25) is 0 Å². The Hall–Kier alpha value is -2.40. The Balaban J connectivity index is 1.66. The molecule has 2 aromatic rings. The van der Waals surface area contributed by atoms with Crippen molar-refractivity contribution in [3.8, 4) is 0 Å². The van der Waals surface area contributed by atoms with Gasteiger partial charge in [-0.15, -0.1) is 11.8 Å². The molecule has 0 bridgehead atoms. The van der Waals surface area contributed by atoms with Crippen LogP contribution in [0.15, 0.2) is 40.1 Å². The molecule has 1 unspecified atom stereocenters. The highest BCUT2D eigenvalue weighted by atomic mass is 32.2. The van der Waals surface area contributed by atoms with Gasteiger partial charge in [0.05, 0.1) is 23.8 Å². The Morgan fingerprint density at radius 1 is 1.11 bits per heavy atom. The third-order valence-corrected chi connectivity index (χ3v) is 9.47. The van der Waals surface area contributed by atoms with Gasteiger partial charge < -0.3 is 15.0 Å². The van der Waals surface area contributed by atoms with Crippen molar-refractivity contribution < 1.29 is 22.7 Å². The molecule has 10 heteroatoms. The minimum Gasteiger partial charge on any atom is -0.379 e. The van der Waals surface area contributed by atoms with Crippen LogP contribution < -0.4 is 10.2 Å². The van der Waals surface area contributed by atoms with Gasteiger partial charge in [0.25, 0.3) is 0 Å². The smallest absolute Gasteiger partial charge is 0.244 e. The zero-order valence-electron chi connectivity index (χ0n) is 20.5. The van der Waals surface area contributed by atoms with E-state index in [-0.39, 0.29) is 42.3 Å². The molecule has 2 aliphatic heterocycles. The molecule has 2 aromatic carbocycles. The third kappa shape index (κ3) is 5.40. The van der Waals surface area contributed by atoms with E-state index in [0.717, 1.165) is 27.3 Å². The summed E-state index contributed by atoms with van der Waals surface area (Å²) >= 11 is 1.49. The average Bonchev–Trinajstić information content (AvgIpc) is 2.93. The first-order chi connectivity index (χ1) is 16.6. The minimum atomic E-state index is -3.75. The van der Waals surface area contributed by atoms with E-state index in [1.165, 1.54) is 27.0 Å². The molecule has 0 saturated carbocycles. The highest BCUT2D eigenvalue weighted by Gasteiger charge is 2.33. The predicted molar refractivity (Wildman–Crippen MR) is 138 cm³/mol. The van der Waals surface area contributed by atoms with E-state index in [1.54, 1.807) is 12.1 Å². The van der Waals surface area contributed by atoms with Crippen molar-refractivity contribution in [1.82, 2.24) is 4.31 Å². The average molecular weight is 518 g/mol. The van der Waals surface area contributed by atoms with Crippen LogP contribution in [0.5, 0.6) is 0 Å². The van der Waals surface area contributed by atoms with Crippen LogP contribution in [0.4, 0.5) is 11.4 Å². The standard InChI is InChI=1S/C25H31N3O5S2/c1-16-11-17(2)24(18(3)12-16)26-23(29)14-28-21-13-20(35(31,32)27-7-9-33-10-8-27)5-6-22(21)34-15-19(4)25(28)30/h5-6,11-13,19H,7-10,14-15H2,1-4H3,(H,26,29). The lowest BCUT2D eigenvalue weighted by Gasteiger charge is -2.28. The SMILES string of the molecule is Cc1cc(C)c(NC(=O)CN2C(=O)C(C)CSc3ccc(S(=O)(=O)N4CCOCC4)cc32)c(C)c1. The fourth-order valence-electron chi connectivity index (χ4n) is 4.46. The fourth-order valence-corrected chi connectivity index (χ4v) is 6.94. The molecule has 4 rings (SSSR count). The minimum absolute atomic E-state index is 0.108. The van der Waals surface area contributed by atoms with E-state index >= 15 is 0 Å². The van der Waals surface area contributed by atoms with E-state index in [4.69, 9.17) is 4.74 Å². The maximum Gasteiger partial charge on any atom is 0.244 e. The zero-order valence-corrected chi connectivity index (χ0v) is 22.1. The number of nitrogens with zero attached hydrogens (tertiary/aromatic N) is 2. The summed E-state index contributed by atoms with van der Waals surface area (Å²) in [5, 5.41) is 2.96. The fraction of sp³-hybridized carbons (Fsp3) is 0.440. The molecule has 2 amide bonds. The number of hydrogen-bond donors (Lipinski definition) is 1. The molecule has 1 atom stereocenters. The van der Waals surface area contributed by atoms with Crippen LogP contribution >= 0.6 is 11.8 Å². The summed E-state index contributed by atoms with van der Waals surface area (Å²) in [7, 11) is -3.75. The second-order valence-electron chi connectivity index (χ2n) is 9.10. The number of rotatable bonds is 5. The normalized spacial score (nSPS) is 19.3. The third-order valence-electron chi connectivity index (χ3n) is 6.25. The van der Waals surface area contributed by atoms with Gasteiger partial charge in [-0.2, -0.15) is 4.31 Å². The number of ether oxygens (including phenoxy) is 1. The Bertz CT molecular complexity index is 1230. The first-order valence-electron chi connectivity index (χ1n) is 11.6. The van der Waals surface area contributed by atoms with Crippen molar-refractivity contribution in [2.45, 2.75) is 37.5 Å². The van der Waals surface area contributed by atoms with Gasteiger partial charge >= 0.3 is 0 Å². The van der Waals surface area contributed by atoms with E-state index in [2.05, 4.69) is 5.32 Å². The number of benzene rings is 2. The monoisotopic (exact) mass is 517 g/mol. The van der Waals surface area contributed by atoms with Gasteiger partial charge in [-0.3, -0.25) is 9.59 Å². The van der Waals surface area contributed by atoms with Crippen molar-refractivity contribution in [2.24, 2.45) is 5.92 Å². The van der Waals surface area contributed by atoms with E-state index in [9.17, 15) is 18.0 Å². The van der Waals surface area contributed by atoms with Crippen molar-refractivity contribution in [3.05, 3.63) is 47.0 Å². The zero-order chi connectivity index (χ0) is 25.3. The van der Waals surface area contributed by atoms with E-state index < -0.39 is 10.0 Å². The summed E-state index contributed by atoms with van der Waals surface area (Å²) < 4.78 is 33.2. The van der Waals surface area contributed by atoms with Crippen LogP contribution in [0.25, 0.3) is 0 Å². The lowest BCUT2D eigenvalue weighted by atomic mass is 10.1. The first-order valence-corrected chi connectivity index (χ1v) is 14.0. The molecule has 0 aromatic heterocycles. The molecule has 1 N–H and O–H groups in total. The molecule has 1 saturated heterocycles. The number of anilines is 2. The van der Waals surface area contributed by atoms with Gasteiger partial charge in [0.1, 0.15) is 6.54 Å². The molecule has 188 valence electrons. The summed E-state index contributed by atoms with van der Waals surface area (Å²) in [4.78, 5) is 28.7. The number of nitrogens with one attached hydrogen (secondary N) is 1. The molecule has 2 heterocycles. The van der Waals surface area contributed by atoms with Gasteiger partial charge in [0.2, 0.25) is 21.8 Å². The number of sulfonamides is 1. The van der Waals surface area contributed by atoms with Gasteiger partial charge in [-0.25, -0.2) is 8.42 Å². The van der Waals surface area contributed by atoms with Crippen molar-refractivity contribution in [1.29, 1.82) is 0 Å². The van der Waals surface area contributed by atoms with Gasteiger partial charge in [-0.05, 0) is 50.1 Å². The Labute approximate surface area is 211 Å². The van der Waals surface area contributed by atoms with Gasteiger partial charge in [-0.1, -0.05) is 24.6 Å². The van der Waals surface area contributed by atoms with Gasteiger partial charge in [0.15, 0.2) is 0 Å². The van der Waals surface area contributed by atoms with Crippen LogP contribution in [0.1, 0.15) is 23.6 Å². The second kappa shape index (κ2) is 10.3. The quantitative estimate of drug-likeness (QED) is 0.654. The number of thioether (sulfide) groups is 1. The number of fused-ring (bicyclic) bond motifs is 1. The van der Waals surface area contributed by atoms with Crippen molar-refractivity contribution in [2.75, 3.05) is 48.8 Å². The van der Waals surface area contributed by atoms with Crippen LogP contribution in [0.3, 0.4) is 0 Å².